The molecule has 2 aromatic carbocycles. The average Bonchev–Trinajstić information content (AvgIpc) is 3.51. The molecule has 4 heterocycles. The zero-order chi connectivity index (χ0) is 22.2. The summed E-state index contributed by atoms with van der Waals surface area (Å²) in [5, 5.41) is 16.1. The highest BCUT2D eigenvalue weighted by Crippen LogP contribution is 2.32. The minimum atomic E-state index is -0.230. The third-order valence-corrected chi connectivity index (χ3v) is 5.27. The lowest BCUT2D eigenvalue weighted by Crippen LogP contribution is -2.11. The van der Waals surface area contributed by atoms with Gasteiger partial charge in [-0.25, -0.2) is 0 Å². The first-order chi connectivity index (χ1) is 16.2. The molecule has 1 aliphatic rings. The molecule has 0 saturated carbocycles. The van der Waals surface area contributed by atoms with Gasteiger partial charge in [0.25, 0.3) is 5.91 Å². The van der Waals surface area contributed by atoms with Gasteiger partial charge >= 0.3 is 0 Å². The maximum absolute atomic E-state index is 12.6. The molecule has 5 aromatic rings. The van der Waals surface area contributed by atoms with Crippen molar-refractivity contribution in [3.63, 3.8) is 0 Å². The van der Waals surface area contributed by atoms with E-state index in [2.05, 4.69) is 20.5 Å². The van der Waals surface area contributed by atoms with Crippen LogP contribution in [0.5, 0.6) is 11.5 Å². The monoisotopic (exact) mass is 436 g/mol. The molecule has 0 unspecified atom stereocenters. The molecule has 9 nitrogen and oxygen atoms in total. The van der Waals surface area contributed by atoms with E-state index in [1.54, 1.807) is 35.1 Å². The highest BCUT2D eigenvalue weighted by atomic mass is 16.7. The Morgan fingerprint density at radius 2 is 1.67 bits per heavy atom. The van der Waals surface area contributed by atoms with E-state index in [0.717, 1.165) is 16.8 Å². The van der Waals surface area contributed by atoms with Crippen molar-refractivity contribution < 1.29 is 14.3 Å². The predicted molar refractivity (Wildman–Crippen MR) is 120 cm³/mol. The molecule has 33 heavy (non-hydrogen) atoms. The van der Waals surface area contributed by atoms with Crippen LogP contribution in [0.15, 0.2) is 79.1 Å². The molecule has 0 saturated heterocycles. The van der Waals surface area contributed by atoms with E-state index in [9.17, 15) is 4.79 Å². The molecule has 160 valence electrons. The van der Waals surface area contributed by atoms with E-state index in [1.165, 1.54) is 0 Å². The van der Waals surface area contributed by atoms with Gasteiger partial charge in [-0.2, -0.15) is 9.61 Å². The molecular formula is C24H16N6O3. The second-order valence-electron chi connectivity index (χ2n) is 7.35. The number of benzene rings is 2. The molecule has 1 amide bonds. The highest BCUT2D eigenvalue weighted by molar-refractivity contribution is 6.04. The van der Waals surface area contributed by atoms with Crippen LogP contribution in [-0.4, -0.2) is 37.5 Å². The van der Waals surface area contributed by atoms with Gasteiger partial charge in [-0.3, -0.25) is 9.78 Å². The first kappa shape index (κ1) is 18.9. The molecule has 0 bridgehead atoms. The number of amides is 1. The number of carbonyl (C=O) groups excluding carboxylic acids is 1. The van der Waals surface area contributed by atoms with Crippen molar-refractivity contribution in [3.05, 3.63) is 84.7 Å². The van der Waals surface area contributed by atoms with Crippen LogP contribution >= 0.6 is 0 Å². The van der Waals surface area contributed by atoms with Crippen LogP contribution in [0.1, 0.15) is 10.4 Å². The summed E-state index contributed by atoms with van der Waals surface area (Å²) in [7, 11) is 0. The predicted octanol–water partition coefficient (Wildman–Crippen LogP) is 3.83. The van der Waals surface area contributed by atoms with E-state index < -0.39 is 0 Å². The summed E-state index contributed by atoms with van der Waals surface area (Å²) in [6, 6.07) is 20.1. The Hall–Kier alpha value is -4.79. The van der Waals surface area contributed by atoms with Gasteiger partial charge < -0.3 is 14.8 Å². The van der Waals surface area contributed by atoms with Gasteiger partial charge in [-0.05, 0) is 54.6 Å². The van der Waals surface area contributed by atoms with Gasteiger partial charge in [0, 0.05) is 34.8 Å². The molecule has 9 heteroatoms. The smallest absolute Gasteiger partial charge is 0.255 e. The number of rotatable bonds is 4. The Labute approximate surface area is 187 Å². The number of anilines is 1. The number of nitrogens with zero attached hydrogens (tertiary/aromatic N) is 5. The van der Waals surface area contributed by atoms with Gasteiger partial charge in [0.1, 0.15) is 0 Å². The zero-order valence-electron chi connectivity index (χ0n) is 17.2. The molecule has 1 N–H and O–H groups in total. The van der Waals surface area contributed by atoms with E-state index in [0.29, 0.717) is 34.2 Å². The van der Waals surface area contributed by atoms with E-state index in [4.69, 9.17) is 14.6 Å². The lowest BCUT2D eigenvalue weighted by atomic mass is 10.1. The third kappa shape index (κ3) is 3.51. The topological polar surface area (TPSA) is 104 Å². The summed E-state index contributed by atoms with van der Waals surface area (Å²) in [6.45, 7) is 0.168. The minimum Gasteiger partial charge on any atom is -0.454 e. The van der Waals surface area contributed by atoms with Crippen LogP contribution in [0.2, 0.25) is 0 Å². The van der Waals surface area contributed by atoms with Gasteiger partial charge in [-0.1, -0.05) is 12.1 Å². The molecule has 0 atom stereocenters. The fourth-order valence-corrected chi connectivity index (χ4v) is 3.59. The third-order valence-electron chi connectivity index (χ3n) is 5.27. The van der Waals surface area contributed by atoms with Gasteiger partial charge in [-0.15, -0.1) is 10.2 Å². The molecule has 3 aromatic heterocycles. The number of pyridine rings is 1. The van der Waals surface area contributed by atoms with Crippen molar-refractivity contribution in [1.29, 1.82) is 0 Å². The number of aromatic nitrogens is 5. The summed E-state index contributed by atoms with van der Waals surface area (Å²) in [6.07, 6.45) is 3.41. The van der Waals surface area contributed by atoms with Crippen LogP contribution in [0.25, 0.3) is 28.3 Å². The number of fused-ring (bicyclic) bond motifs is 2. The van der Waals surface area contributed by atoms with Crippen LogP contribution in [0.3, 0.4) is 0 Å². The van der Waals surface area contributed by atoms with Crippen molar-refractivity contribution in [2.45, 2.75) is 0 Å². The van der Waals surface area contributed by atoms with Crippen molar-refractivity contribution >= 4 is 17.2 Å². The molecular weight excluding hydrogens is 420 g/mol. The van der Waals surface area contributed by atoms with Crippen LogP contribution in [-0.2, 0) is 0 Å². The SMILES string of the molecule is O=C(Nc1ccc(-c2ccc3nnc(-c4ccncc4)n3n2)cc1)c1ccc2c(c1)OCO2. The molecule has 1 aliphatic heterocycles. The number of hydrogen-bond acceptors (Lipinski definition) is 7. The number of carbonyl (C=O) groups is 1. The van der Waals surface area contributed by atoms with Gasteiger partial charge in [0.2, 0.25) is 6.79 Å². The standard InChI is InChI=1S/C24H16N6O3/c31-24(17-3-7-20-21(13-17)33-14-32-20)26-18-4-1-15(2-5-18)19-6-8-22-27-28-23(30(22)29-19)16-9-11-25-12-10-16/h1-13H,14H2,(H,26,31). The second kappa shape index (κ2) is 7.72. The summed E-state index contributed by atoms with van der Waals surface area (Å²) in [5.74, 6) is 1.62. The molecule has 0 fully saturated rings. The Morgan fingerprint density at radius 3 is 2.52 bits per heavy atom. The van der Waals surface area contributed by atoms with E-state index >= 15 is 0 Å². The quantitative estimate of drug-likeness (QED) is 0.457. The Bertz CT molecular complexity index is 1480. The Balaban J connectivity index is 1.24. The lowest BCUT2D eigenvalue weighted by Gasteiger charge is -2.08. The summed E-state index contributed by atoms with van der Waals surface area (Å²) >= 11 is 0. The highest BCUT2D eigenvalue weighted by Gasteiger charge is 2.16. The maximum atomic E-state index is 12.6. The molecule has 0 aliphatic carbocycles. The van der Waals surface area contributed by atoms with Gasteiger partial charge in [0.05, 0.1) is 5.69 Å². The zero-order valence-corrected chi connectivity index (χ0v) is 17.2. The fourth-order valence-electron chi connectivity index (χ4n) is 3.59. The lowest BCUT2D eigenvalue weighted by molar-refractivity contribution is 0.102. The molecule has 6 rings (SSSR count). The van der Waals surface area contributed by atoms with Crippen LogP contribution in [0.4, 0.5) is 5.69 Å². The van der Waals surface area contributed by atoms with Crippen LogP contribution in [0, 0.1) is 0 Å². The number of hydrogen-bond donors (Lipinski definition) is 1. The average molecular weight is 436 g/mol. The minimum absolute atomic E-state index is 0.168. The number of nitrogens with one attached hydrogen (secondary N) is 1. The van der Waals surface area contributed by atoms with Gasteiger partial charge in [0.15, 0.2) is 23.0 Å². The first-order valence-corrected chi connectivity index (χ1v) is 10.2. The normalized spacial score (nSPS) is 12.1. The largest absolute Gasteiger partial charge is 0.454 e. The summed E-state index contributed by atoms with van der Waals surface area (Å²) < 4.78 is 12.3. The van der Waals surface area contributed by atoms with Crippen molar-refractivity contribution in [2.24, 2.45) is 0 Å². The summed E-state index contributed by atoms with van der Waals surface area (Å²) in [4.78, 5) is 16.7. The fraction of sp³-hybridized carbons (Fsp3) is 0.0417. The van der Waals surface area contributed by atoms with E-state index in [-0.39, 0.29) is 12.7 Å². The van der Waals surface area contributed by atoms with E-state index in [1.807, 2.05) is 48.5 Å². The van der Waals surface area contributed by atoms with Crippen molar-refractivity contribution in [2.75, 3.05) is 12.1 Å². The summed E-state index contributed by atoms with van der Waals surface area (Å²) in [5.41, 5.74) is 4.34. The Morgan fingerprint density at radius 1 is 0.848 bits per heavy atom. The van der Waals surface area contributed by atoms with Crippen molar-refractivity contribution in [3.8, 4) is 34.1 Å². The second-order valence-corrected chi connectivity index (χ2v) is 7.35. The first-order valence-electron chi connectivity index (χ1n) is 10.2. The molecule has 0 radical (unpaired) electrons. The van der Waals surface area contributed by atoms with Crippen molar-refractivity contribution in [1.82, 2.24) is 24.8 Å². The number of ether oxygens (including phenoxy) is 2. The Kier molecular flexibility index (Phi) is 4.43. The maximum Gasteiger partial charge on any atom is 0.255 e. The molecule has 0 spiro atoms. The van der Waals surface area contributed by atoms with Crippen LogP contribution < -0.4 is 14.8 Å².